The van der Waals surface area contributed by atoms with Crippen molar-refractivity contribution in [1.29, 1.82) is 0 Å². The highest BCUT2D eigenvalue weighted by Crippen LogP contribution is 2.20. The van der Waals surface area contributed by atoms with Gasteiger partial charge < -0.3 is 5.32 Å². The third-order valence-electron chi connectivity index (χ3n) is 4.68. The number of rotatable bonds is 7. The first-order valence-electron chi connectivity index (χ1n) is 9.50. The second kappa shape index (κ2) is 9.01. The number of carbonyl (C=O) groups excluding carboxylic acids is 1. The van der Waals surface area contributed by atoms with Crippen molar-refractivity contribution < 1.29 is 21.6 Å². The first kappa shape index (κ1) is 23.3. The third-order valence-corrected chi connectivity index (χ3v) is 7.29. The standard InChI is InChI=1S/C22H23N3O5S2/c1-16-5-4-6-19(15-16)24-32(29,30)21-13-9-18(10-14-21)23-22(26)17-7-11-20(12-8-17)25(2)31(3,27)28/h4-15,24H,1-3H3,(H,23,26). The van der Waals surface area contributed by atoms with Crippen LogP contribution in [0.1, 0.15) is 15.9 Å². The molecule has 0 aliphatic rings. The lowest BCUT2D eigenvalue weighted by Crippen LogP contribution is -2.24. The maximum atomic E-state index is 12.6. The molecule has 0 saturated carbocycles. The van der Waals surface area contributed by atoms with Crippen LogP contribution in [0.15, 0.2) is 77.7 Å². The van der Waals surface area contributed by atoms with Crippen LogP contribution in [0.5, 0.6) is 0 Å². The van der Waals surface area contributed by atoms with E-state index in [1.165, 1.54) is 55.6 Å². The second-order valence-corrected chi connectivity index (χ2v) is 10.9. The number of hydrogen-bond donors (Lipinski definition) is 2. The summed E-state index contributed by atoms with van der Waals surface area (Å²) in [6, 6.07) is 18.9. The van der Waals surface area contributed by atoms with Crippen LogP contribution in [0.25, 0.3) is 0 Å². The smallest absolute Gasteiger partial charge is 0.261 e. The summed E-state index contributed by atoms with van der Waals surface area (Å²) in [4.78, 5) is 12.5. The van der Waals surface area contributed by atoms with Crippen LogP contribution in [0, 0.1) is 6.92 Å². The van der Waals surface area contributed by atoms with E-state index >= 15 is 0 Å². The van der Waals surface area contributed by atoms with Gasteiger partial charge in [-0.2, -0.15) is 0 Å². The fourth-order valence-electron chi connectivity index (χ4n) is 2.86. The van der Waals surface area contributed by atoms with Gasteiger partial charge in [-0.1, -0.05) is 12.1 Å². The van der Waals surface area contributed by atoms with Crippen LogP contribution in [-0.4, -0.2) is 36.0 Å². The number of nitrogens with zero attached hydrogens (tertiary/aromatic N) is 1. The normalized spacial score (nSPS) is 11.6. The summed E-state index contributed by atoms with van der Waals surface area (Å²) in [6.07, 6.45) is 1.09. The Balaban J connectivity index is 1.69. The summed E-state index contributed by atoms with van der Waals surface area (Å²) in [6.45, 7) is 1.87. The van der Waals surface area contributed by atoms with Crippen molar-refractivity contribution in [2.75, 3.05) is 27.6 Å². The minimum atomic E-state index is -3.77. The molecule has 0 aromatic heterocycles. The van der Waals surface area contributed by atoms with Crippen molar-refractivity contribution in [3.05, 3.63) is 83.9 Å². The lowest BCUT2D eigenvalue weighted by molar-refractivity contribution is 0.102. The fourth-order valence-corrected chi connectivity index (χ4v) is 4.41. The number of nitrogens with one attached hydrogen (secondary N) is 2. The molecule has 10 heteroatoms. The molecule has 0 aliphatic carbocycles. The van der Waals surface area contributed by atoms with Gasteiger partial charge in [0.2, 0.25) is 10.0 Å². The molecule has 32 heavy (non-hydrogen) atoms. The van der Waals surface area contributed by atoms with Crippen molar-refractivity contribution >= 4 is 43.0 Å². The predicted octanol–water partition coefficient (Wildman–Crippen LogP) is 3.44. The molecule has 1 amide bonds. The maximum Gasteiger partial charge on any atom is 0.261 e. The quantitative estimate of drug-likeness (QED) is 0.546. The zero-order valence-electron chi connectivity index (χ0n) is 17.7. The zero-order chi connectivity index (χ0) is 23.5. The molecule has 0 heterocycles. The monoisotopic (exact) mass is 473 g/mol. The van der Waals surface area contributed by atoms with E-state index in [1.54, 1.807) is 18.2 Å². The highest BCUT2D eigenvalue weighted by Gasteiger charge is 2.16. The largest absolute Gasteiger partial charge is 0.322 e. The maximum absolute atomic E-state index is 12.6. The highest BCUT2D eigenvalue weighted by molar-refractivity contribution is 7.92. The van der Waals surface area contributed by atoms with Gasteiger partial charge in [0, 0.05) is 24.0 Å². The predicted molar refractivity (Wildman–Crippen MR) is 126 cm³/mol. The molecule has 0 radical (unpaired) electrons. The van der Waals surface area contributed by atoms with E-state index in [9.17, 15) is 21.6 Å². The number of hydrogen-bond acceptors (Lipinski definition) is 5. The molecule has 3 aromatic rings. The Kier molecular flexibility index (Phi) is 6.56. The number of benzene rings is 3. The summed E-state index contributed by atoms with van der Waals surface area (Å²) in [7, 11) is -5.74. The summed E-state index contributed by atoms with van der Waals surface area (Å²) < 4.78 is 52.0. The molecule has 168 valence electrons. The van der Waals surface area contributed by atoms with Crippen LogP contribution in [0.2, 0.25) is 0 Å². The van der Waals surface area contributed by atoms with Crippen molar-refractivity contribution in [3.8, 4) is 0 Å². The summed E-state index contributed by atoms with van der Waals surface area (Å²) in [5.74, 6) is -0.410. The molecule has 0 bridgehead atoms. The summed E-state index contributed by atoms with van der Waals surface area (Å²) in [5, 5.41) is 2.69. The lowest BCUT2D eigenvalue weighted by Gasteiger charge is -2.16. The minimum Gasteiger partial charge on any atom is -0.322 e. The van der Waals surface area contributed by atoms with Crippen molar-refractivity contribution in [2.45, 2.75) is 11.8 Å². The van der Waals surface area contributed by atoms with E-state index in [4.69, 9.17) is 0 Å². The molecule has 0 saturated heterocycles. The van der Waals surface area contributed by atoms with Gasteiger partial charge in [-0.3, -0.25) is 13.8 Å². The van der Waals surface area contributed by atoms with Crippen molar-refractivity contribution in [3.63, 3.8) is 0 Å². The summed E-state index contributed by atoms with van der Waals surface area (Å²) in [5.41, 5.74) is 2.57. The molecule has 3 aromatic carbocycles. The van der Waals surface area contributed by atoms with E-state index in [0.717, 1.165) is 16.1 Å². The van der Waals surface area contributed by atoms with Crippen LogP contribution < -0.4 is 14.3 Å². The third kappa shape index (κ3) is 5.65. The molecular weight excluding hydrogens is 450 g/mol. The van der Waals surface area contributed by atoms with Gasteiger partial charge in [0.1, 0.15) is 0 Å². The Labute approximate surface area is 188 Å². The lowest BCUT2D eigenvalue weighted by atomic mass is 10.2. The Hall–Kier alpha value is -3.37. The van der Waals surface area contributed by atoms with E-state index in [-0.39, 0.29) is 4.90 Å². The molecule has 3 rings (SSSR count). The number of amides is 1. The van der Waals surface area contributed by atoms with E-state index < -0.39 is 26.0 Å². The Morgan fingerprint density at radius 3 is 2.03 bits per heavy atom. The van der Waals surface area contributed by atoms with Gasteiger partial charge >= 0.3 is 0 Å². The number of carbonyl (C=O) groups is 1. The van der Waals surface area contributed by atoms with E-state index in [0.29, 0.717) is 22.6 Å². The molecule has 2 N–H and O–H groups in total. The van der Waals surface area contributed by atoms with Gasteiger partial charge in [0.15, 0.2) is 0 Å². The Morgan fingerprint density at radius 2 is 1.47 bits per heavy atom. The van der Waals surface area contributed by atoms with Crippen LogP contribution in [0.3, 0.4) is 0 Å². The Bertz CT molecular complexity index is 1340. The van der Waals surface area contributed by atoms with Crippen molar-refractivity contribution in [1.82, 2.24) is 0 Å². The van der Waals surface area contributed by atoms with Crippen LogP contribution in [-0.2, 0) is 20.0 Å². The molecule has 0 spiro atoms. The minimum absolute atomic E-state index is 0.0603. The van der Waals surface area contributed by atoms with Gasteiger partial charge in [0.25, 0.3) is 15.9 Å². The van der Waals surface area contributed by atoms with Crippen molar-refractivity contribution in [2.24, 2.45) is 0 Å². The topological polar surface area (TPSA) is 113 Å². The zero-order valence-corrected chi connectivity index (χ0v) is 19.4. The first-order chi connectivity index (χ1) is 15.0. The molecule has 0 unspecified atom stereocenters. The van der Waals surface area contributed by atoms with Crippen LogP contribution >= 0.6 is 0 Å². The first-order valence-corrected chi connectivity index (χ1v) is 12.8. The van der Waals surface area contributed by atoms with Gasteiger partial charge in [-0.05, 0) is 73.2 Å². The van der Waals surface area contributed by atoms with Gasteiger partial charge in [-0.25, -0.2) is 16.8 Å². The molecule has 0 aliphatic heterocycles. The summed E-state index contributed by atoms with van der Waals surface area (Å²) >= 11 is 0. The average Bonchev–Trinajstić information content (AvgIpc) is 2.73. The second-order valence-electron chi connectivity index (χ2n) is 7.23. The number of anilines is 3. The highest BCUT2D eigenvalue weighted by atomic mass is 32.2. The molecular formula is C22H23N3O5S2. The average molecular weight is 474 g/mol. The Morgan fingerprint density at radius 1 is 0.844 bits per heavy atom. The van der Waals surface area contributed by atoms with Crippen LogP contribution in [0.4, 0.5) is 17.1 Å². The number of sulfonamides is 2. The van der Waals surface area contributed by atoms with E-state index in [2.05, 4.69) is 10.0 Å². The number of aryl methyl sites for hydroxylation is 1. The SMILES string of the molecule is Cc1cccc(NS(=O)(=O)c2ccc(NC(=O)c3ccc(N(C)S(C)(=O)=O)cc3)cc2)c1. The van der Waals surface area contributed by atoms with Gasteiger partial charge in [-0.15, -0.1) is 0 Å². The fraction of sp³-hybridized carbons (Fsp3) is 0.136. The van der Waals surface area contributed by atoms with E-state index in [1.807, 2.05) is 13.0 Å². The molecule has 0 fully saturated rings. The van der Waals surface area contributed by atoms with Gasteiger partial charge in [0.05, 0.1) is 16.8 Å². The molecule has 8 nitrogen and oxygen atoms in total. The molecule has 0 atom stereocenters.